The fourth-order valence-electron chi connectivity index (χ4n) is 2.67. The summed E-state index contributed by atoms with van der Waals surface area (Å²) < 4.78 is 0. The summed E-state index contributed by atoms with van der Waals surface area (Å²) in [7, 11) is 0. The van der Waals surface area contributed by atoms with Crippen molar-refractivity contribution in [2.75, 3.05) is 0 Å². The Morgan fingerprint density at radius 2 is 0.595 bits per heavy atom. The van der Waals surface area contributed by atoms with Gasteiger partial charge >= 0.3 is 0 Å². The number of hydrogen-bond donors (Lipinski definition) is 0. The molecule has 0 amide bonds. The van der Waals surface area contributed by atoms with E-state index in [1.54, 1.807) is 36.4 Å². The van der Waals surface area contributed by atoms with Gasteiger partial charge in [-0.25, -0.2) is 0 Å². The van der Waals surface area contributed by atoms with Crippen LogP contribution in [0.4, 0.5) is 0 Å². The quantitative estimate of drug-likeness (QED) is 0.107. The van der Waals surface area contributed by atoms with Gasteiger partial charge in [0, 0.05) is 46.6 Å². The second-order valence-corrected chi connectivity index (χ2v) is 7.61. The molecule has 0 aliphatic heterocycles. The molecule has 37 heavy (non-hydrogen) atoms. The first kappa shape index (κ1) is 33.2. The Hall–Kier alpha value is -3.84. The van der Waals surface area contributed by atoms with Crippen molar-refractivity contribution >= 4 is 34.7 Å². The SMILES string of the molecule is CC(=[OH+])[CH-]C(=[OH+])c1ccccc1.CC(=[OH+])[CH-]C(=[OH+])c1ccccc1.CC(=[OH+])[CH-]C(=[OH+])c1ccccc1.[Hf]. The Morgan fingerprint density at radius 1 is 0.405 bits per heavy atom. The van der Waals surface area contributed by atoms with Crippen LogP contribution >= 0.6 is 0 Å². The van der Waals surface area contributed by atoms with Gasteiger partial charge in [0.2, 0.25) is 34.7 Å². The number of ketones is 6. The molecule has 3 aromatic rings. The van der Waals surface area contributed by atoms with E-state index in [0.29, 0.717) is 16.7 Å². The van der Waals surface area contributed by atoms with Gasteiger partial charge in [0.05, 0.1) is 0 Å². The molecule has 7 heteroatoms. The van der Waals surface area contributed by atoms with Crippen molar-refractivity contribution in [1.29, 1.82) is 0 Å². The summed E-state index contributed by atoms with van der Waals surface area (Å²) >= 11 is 0. The third kappa shape index (κ3) is 15.0. The van der Waals surface area contributed by atoms with Crippen molar-refractivity contribution in [3.63, 3.8) is 0 Å². The van der Waals surface area contributed by atoms with E-state index in [-0.39, 0.29) is 60.5 Å². The molecule has 190 valence electrons. The number of benzene rings is 3. The van der Waals surface area contributed by atoms with Crippen LogP contribution in [-0.4, -0.2) is 63.5 Å². The maximum Gasteiger partial charge on any atom is 0.247 e. The van der Waals surface area contributed by atoms with Gasteiger partial charge in [-0.3, -0.25) is 14.4 Å². The minimum Gasteiger partial charge on any atom is -0.313 e. The summed E-state index contributed by atoms with van der Waals surface area (Å²) in [6, 6.07) is 27.2. The summed E-state index contributed by atoms with van der Waals surface area (Å²) in [5.41, 5.74) is 2.10. The molecular weight excluding hydrogens is 635 g/mol. The molecule has 0 aliphatic rings. The van der Waals surface area contributed by atoms with Crippen molar-refractivity contribution in [3.8, 4) is 0 Å². The van der Waals surface area contributed by atoms with Crippen LogP contribution in [0.3, 0.4) is 0 Å². The Morgan fingerprint density at radius 3 is 0.757 bits per heavy atom. The molecule has 0 saturated heterocycles. The summed E-state index contributed by atoms with van der Waals surface area (Å²) in [4.78, 5) is 54.7. The van der Waals surface area contributed by atoms with Crippen LogP contribution in [0.2, 0.25) is 0 Å². The van der Waals surface area contributed by atoms with Crippen LogP contribution in [0.25, 0.3) is 0 Å². The van der Waals surface area contributed by atoms with E-state index in [1.165, 1.54) is 40.0 Å². The van der Waals surface area contributed by atoms with Crippen molar-refractivity contribution in [2.45, 2.75) is 20.8 Å². The smallest absolute Gasteiger partial charge is 0.247 e. The monoisotopic (exact) mass is 669 g/mol. The van der Waals surface area contributed by atoms with E-state index in [9.17, 15) is 14.4 Å². The third-order valence-corrected chi connectivity index (χ3v) is 4.25. The molecule has 6 N–H and O–H groups in total. The van der Waals surface area contributed by atoms with E-state index in [4.69, 9.17) is 14.4 Å². The van der Waals surface area contributed by atoms with Crippen molar-refractivity contribution < 1.29 is 54.6 Å². The van der Waals surface area contributed by atoms with Crippen LogP contribution in [0.5, 0.6) is 0 Å². The minimum atomic E-state index is 0. The van der Waals surface area contributed by atoms with Crippen LogP contribution in [0.1, 0.15) is 37.5 Å². The molecule has 0 aliphatic carbocycles. The molecule has 0 radical (unpaired) electrons. The van der Waals surface area contributed by atoms with Crippen LogP contribution in [0, 0.1) is 19.3 Å². The number of rotatable bonds is 9. The topological polar surface area (TPSA) is 128 Å². The third-order valence-electron chi connectivity index (χ3n) is 4.25. The molecule has 0 unspecified atom stereocenters. The molecular formula is C30H33HfO6+3. The van der Waals surface area contributed by atoms with E-state index >= 15 is 0 Å². The van der Waals surface area contributed by atoms with Gasteiger partial charge in [-0.2, -0.15) is 0 Å². The molecule has 3 aromatic carbocycles. The maximum atomic E-state index is 9.37. The van der Waals surface area contributed by atoms with Gasteiger partial charge in [-0.1, -0.05) is 71.3 Å². The van der Waals surface area contributed by atoms with Gasteiger partial charge < -0.3 is 14.4 Å². The summed E-state index contributed by atoms with van der Waals surface area (Å²) in [6.45, 7) is 4.54. The molecule has 0 spiro atoms. The first-order valence-electron chi connectivity index (χ1n) is 11.1. The molecule has 0 saturated carbocycles. The van der Waals surface area contributed by atoms with Crippen LogP contribution in [-0.2, 0) is 25.8 Å². The zero-order chi connectivity index (χ0) is 26.9. The van der Waals surface area contributed by atoms with Gasteiger partial charge in [-0.15, -0.1) is 36.4 Å². The molecule has 6 nitrogen and oxygen atoms in total. The average molecular weight is 668 g/mol. The summed E-state index contributed by atoms with van der Waals surface area (Å²) in [5.74, 6) is 0.519. The first-order chi connectivity index (χ1) is 17.1. The van der Waals surface area contributed by atoms with Gasteiger partial charge in [0.25, 0.3) is 0 Å². The second kappa shape index (κ2) is 18.4. The van der Waals surface area contributed by atoms with Crippen molar-refractivity contribution in [3.05, 3.63) is 127 Å². The van der Waals surface area contributed by atoms with E-state index in [2.05, 4.69) is 0 Å². The predicted octanol–water partition coefficient (Wildman–Crippen LogP) is 4.04. The Bertz CT molecular complexity index is 1020. The van der Waals surface area contributed by atoms with Crippen molar-refractivity contribution in [1.82, 2.24) is 0 Å². The number of hydrogen-bond acceptors (Lipinski definition) is 0. The first-order valence-corrected chi connectivity index (χ1v) is 11.1. The van der Waals surface area contributed by atoms with Crippen molar-refractivity contribution in [2.24, 2.45) is 0 Å². The molecule has 0 bridgehead atoms. The van der Waals surface area contributed by atoms with E-state index < -0.39 is 0 Å². The predicted molar refractivity (Wildman–Crippen MR) is 148 cm³/mol. The maximum absolute atomic E-state index is 9.37. The van der Waals surface area contributed by atoms with Crippen LogP contribution in [0.15, 0.2) is 91.0 Å². The largest absolute Gasteiger partial charge is 0.313 e. The fraction of sp³-hybridized carbons (Fsp3) is 0.100. The van der Waals surface area contributed by atoms with Gasteiger partial charge in [0.15, 0.2) is 0 Å². The Kier molecular flexibility index (Phi) is 16.5. The zero-order valence-electron chi connectivity index (χ0n) is 21.1. The normalized spacial score (nSPS) is 8.84. The molecule has 3 rings (SSSR count). The summed E-state index contributed by atoms with van der Waals surface area (Å²) in [5, 5.41) is 0. The Balaban J connectivity index is 0.000000518. The minimum absolute atomic E-state index is 0. The Labute approximate surface area is 236 Å². The zero-order valence-corrected chi connectivity index (χ0v) is 24.7. The average Bonchev–Trinajstić information content (AvgIpc) is 2.85. The molecule has 0 atom stereocenters. The number of carbonyl (C=O) groups excluding carboxylic acids is 6. The molecule has 0 fully saturated rings. The molecule has 0 aromatic heterocycles. The van der Waals surface area contributed by atoms with E-state index in [1.807, 2.05) is 54.6 Å². The molecule has 0 heterocycles. The van der Waals surface area contributed by atoms with Gasteiger partial charge in [0.1, 0.15) is 0 Å². The van der Waals surface area contributed by atoms with Gasteiger partial charge in [-0.05, 0) is 19.3 Å². The van der Waals surface area contributed by atoms with Crippen LogP contribution < -0.4 is 0 Å². The fourth-order valence-corrected chi connectivity index (χ4v) is 2.67. The second-order valence-electron chi connectivity index (χ2n) is 7.61. The standard InChI is InChI=1S/3C10H9O2.Hf/c3*1-8(11)7-10(12)9-5-3-2-4-6-9;/h3*2-7H,1H3;/q3*-1;/p+6. The summed E-state index contributed by atoms with van der Waals surface area (Å²) in [6.07, 6.45) is 3.94. The van der Waals surface area contributed by atoms with E-state index in [0.717, 1.165) is 0 Å².